The quantitative estimate of drug-likeness (QED) is 0.465. The Morgan fingerprint density at radius 1 is 1.27 bits per heavy atom. The number of aromatic nitrogens is 2. The zero-order chi connectivity index (χ0) is 24.2. The van der Waals surface area contributed by atoms with E-state index in [-0.39, 0.29) is 29.7 Å². The molecule has 4 aliphatic rings. The second kappa shape index (κ2) is 8.13. The molecule has 33 heavy (non-hydrogen) atoms. The fraction of sp³-hybridized carbons (Fsp3) is 0.708. The molecule has 5 rings (SSSR count). The van der Waals surface area contributed by atoms with Gasteiger partial charge in [-0.25, -0.2) is 4.68 Å². The van der Waals surface area contributed by atoms with Crippen molar-refractivity contribution < 1.29 is 24.5 Å². The lowest BCUT2D eigenvalue weighted by atomic mass is 9.50. The molecular weight excluding hydrogens is 424 g/mol. The van der Waals surface area contributed by atoms with Gasteiger partial charge < -0.3 is 26.0 Å². The normalized spacial score (nSPS) is 33.1. The standard InChI is InChI=1S/C24H36N4O5/c1-14(2)12-33-20-17(11-26-28(20)6-5-22(3,4)21(25)30)19(29)27-18-15-7-23(31)9-16(18)10-24(32,8-15)13-23/h5-6,11,14-16,18,31-32H,7-10,12-13H2,1-4H3,(H2,25,30)(H,27,29)/b6-5+. The number of hydrogen-bond donors (Lipinski definition) is 4. The number of carbonyl (C=O) groups is 2. The van der Waals surface area contributed by atoms with Crippen LogP contribution >= 0.6 is 0 Å². The van der Waals surface area contributed by atoms with Crippen LogP contribution in [-0.4, -0.2) is 55.7 Å². The van der Waals surface area contributed by atoms with E-state index in [1.807, 2.05) is 13.8 Å². The van der Waals surface area contributed by atoms with Crippen LogP contribution in [-0.2, 0) is 4.79 Å². The lowest BCUT2D eigenvalue weighted by molar-refractivity contribution is -0.207. The van der Waals surface area contributed by atoms with Crippen molar-refractivity contribution in [2.24, 2.45) is 28.9 Å². The molecule has 2 amide bonds. The number of ether oxygens (including phenoxy) is 1. The molecule has 0 unspecified atom stereocenters. The Hall–Kier alpha value is -2.39. The van der Waals surface area contributed by atoms with Gasteiger partial charge in [-0.2, -0.15) is 5.10 Å². The molecule has 0 aromatic carbocycles. The summed E-state index contributed by atoms with van der Waals surface area (Å²) in [5.74, 6) is -0.147. The Morgan fingerprint density at radius 2 is 1.85 bits per heavy atom. The third-order valence-electron chi connectivity index (χ3n) is 7.36. The second-order valence-electron chi connectivity index (χ2n) is 11.4. The lowest BCUT2D eigenvalue weighted by Gasteiger charge is -2.61. The van der Waals surface area contributed by atoms with Crippen LogP contribution < -0.4 is 15.8 Å². The highest BCUT2D eigenvalue weighted by molar-refractivity contribution is 5.96. The molecule has 0 radical (unpaired) electrons. The van der Waals surface area contributed by atoms with Crippen molar-refractivity contribution in [3.8, 4) is 5.88 Å². The van der Waals surface area contributed by atoms with Gasteiger partial charge in [-0.05, 0) is 57.3 Å². The SMILES string of the molecule is CC(C)COc1c(C(=O)NC2C3CC4(O)CC2CC(O)(C3)C4)cnn1/C=C/C(C)(C)C(N)=O. The van der Waals surface area contributed by atoms with Gasteiger partial charge in [0.1, 0.15) is 5.56 Å². The molecule has 4 bridgehead atoms. The van der Waals surface area contributed by atoms with Gasteiger partial charge in [-0.15, -0.1) is 0 Å². The van der Waals surface area contributed by atoms with E-state index < -0.39 is 22.5 Å². The minimum Gasteiger partial charge on any atom is -0.477 e. The number of amides is 2. The lowest BCUT2D eigenvalue weighted by Crippen LogP contribution is -2.67. The largest absolute Gasteiger partial charge is 0.477 e. The number of nitrogens with zero attached hydrogens (tertiary/aromatic N) is 2. The molecule has 182 valence electrons. The number of aliphatic hydroxyl groups is 2. The van der Waals surface area contributed by atoms with Crippen LogP contribution in [0, 0.1) is 23.2 Å². The molecule has 1 heterocycles. The van der Waals surface area contributed by atoms with Crippen LogP contribution in [0.2, 0.25) is 0 Å². The van der Waals surface area contributed by atoms with Crippen LogP contribution in [0.5, 0.6) is 5.88 Å². The fourth-order valence-electron chi connectivity index (χ4n) is 5.86. The summed E-state index contributed by atoms with van der Waals surface area (Å²) in [6, 6.07) is -0.107. The topological polar surface area (TPSA) is 140 Å². The zero-order valence-corrected chi connectivity index (χ0v) is 19.9. The average Bonchev–Trinajstić information content (AvgIpc) is 3.08. The molecule has 9 nitrogen and oxygen atoms in total. The summed E-state index contributed by atoms with van der Waals surface area (Å²) >= 11 is 0. The Bertz CT molecular complexity index is 930. The van der Waals surface area contributed by atoms with Gasteiger partial charge in [0, 0.05) is 18.7 Å². The number of nitrogens with one attached hydrogen (secondary N) is 1. The van der Waals surface area contributed by atoms with Gasteiger partial charge >= 0.3 is 0 Å². The van der Waals surface area contributed by atoms with E-state index in [0.29, 0.717) is 50.2 Å². The highest BCUT2D eigenvalue weighted by Crippen LogP contribution is 2.57. The molecule has 1 aromatic rings. The van der Waals surface area contributed by atoms with Crippen molar-refractivity contribution in [2.75, 3.05) is 6.61 Å². The molecule has 1 aromatic heterocycles. The summed E-state index contributed by atoms with van der Waals surface area (Å²) in [7, 11) is 0. The van der Waals surface area contributed by atoms with E-state index >= 15 is 0 Å². The Balaban J connectivity index is 1.55. The summed E-state index contributed by atoms with van der Waals surface area (Å²) in [5, 5.41) is 29.1. The fourth-order valence-corrected chi connectivity index (χ4v) is 5.86. The number of carbonyl (C=O) groups excluding carboxylic acids is 2. The van der Waals surface area contributed by atoms with Crippen molar-refractivity contribution in [2.45, 2.75) is 77.0 Å². The number of primary amides is 1. The summed E-state index contributed by atoms with van der Waals surface area (Å²) in [5.41, 5.74) is 3.23. The Morgan fingerprint density at radius 3 is 2.36 bits per heavy atom. The van der Waals surface area contributed by atoms with E-state index in [2.05, 4.69) is 10.4 Å². The van der Waals surface area contributed by atoms with Crippen LogP contribution in [0.15, 0.2) is 12.3 Å². The van der Waals surface area contributed by atoms with Gasteiger partial charge in [0.05, 0.1) is 29.4 Å². The van der Waals surface area contributed by atoms with Gasteiger partial charge in [0.25, 0.3) is 5.91 Å². The molecule has 4 aliphatic carbocycles. The molecule has 0 aliphatic heterocycles. The summed E-state index contributed by atoms with van der Waals surface area (Å²) in [6.45, 7) is 7.82. The molecular formula is C24H36N4O5. The van der Waals surface area contributed by atoms with Gasteiger partial charge in [-0.1, -0.05) is 19.9 Å². The van der Waals surface area contributed by atoms with E-state index in [4.69, 9.17) is 10.5 Å². The Labute approximate surface area is 194 Å². The first-order valence-electron chi connectivity index (χ1n) is 11.8. The maximum Gasteiger partial charge on any atom is 0.258 e. The van der Waals surface area contributed by atoms with Crippen LogP contribution in [0.4, 0.5) is 0 Å². The Kier molecular flexibility index (Phi) is 5.85. The molecule has 0 atom stereocenters. The third-order valence-corrected chi connectivity index (χ3v) is 7.36. The minimum atomic E-state index is -0.884. The van der Waals surface area contributed by atoms with Gasteiger partial charge in [0.15, 0.2) is 0 Å². The number of rotatable bonds is 8. The predicted octanol–water partition coefficient (Wildman–Crippen LogP) is 1.68. The van der Waals surface area contributed by atoms with Crippen molar-refractivity contribution in [3.05, 3.63) is 17.8 Å². The van der Waals surface area contributed by atoms with Gasteiger partial charge in [0.2, 0.25) is 11.8 Å². The second-order valence-corrected chi connectivity index (χ2v) is 11.4. The highest BCUT2D eigenvalue weighted by atomic mass is 16.5. The summed E-state index contributed by atoms with van der Waals surface area (Å²) in [6.07, 6.45) is 7.49. The average molecular weight is 461 g/mol. The van der Waals surface area contributed by atoms with E-state index in [1.165, 1.54) is 10.9 Å². The van der Waals surface area contributed by atoms with E-state index in [9.17, 15) is 19.8 Å². The van der Waals surface area contributed by atoms with Crippen molar-refractivity contribution in [3.63, 3.8) is 0 Å². The molecule has 5 N–H and O–H groups in total. The molecule has 0 saturated heterocycles. The zero-order valence-electron chi connectivity index (χ0n) is 19.9. The van der Waals surface area contributed by atoms with Crippen molar-refractivity contribution in [1.82, 2.24) is 15.1 Å². The highest BCUT2D eigenvalue weighted by Gasteiger charge is 2.60. The first kappa shape index (κ1) is 23.8. The molecule has 4 fully saturated rings. The van der Waals surface area contributed by atoms with Crippen molar-refractivity contribution in [1.29, 1.82) is 0 Å². The van der Waals surface area contributed by atoms with Crippen LogP contribution in [0.1, 0.15) is 70.2 Å². The molecule has 4 saturated carbocycles. The monoisotopic (exact) mass is 460 g/mol. The maximum atomic E-state index is 13.3. The molecule has 9 heteroatoms. The van der Waals surface area contributed by atoms with Gasteiger partial charge in [-0.3, -0.25) is 9.59 Å². The minimum absolute atomic E-state index is 0.0385. The van der Waals surface area contributed by atoms with Crippen LogP contribution in [0.25, 0.3) is 6.20 Å². The first-order chi connectivity index (χ1) is 15.3. The van der Waals surface area contributed by atoms with Crippen molar-refractivity contribution >= 4 is 18.0 Å². The number of hydrogen-bond acceptors (Lipinski definition) is 6. The summed E-state index contributed by atoms with van der Waals surface area (Å²) in [4.78, 5) is 25.0. The van der Waals surface area contributed by atoms with E-state index in [0.717, 1.165) is 0 Å². The van der Waals surface area contributed by atoms with E-state index in [1.54, 1.807) is 26.1 Å². The first-order valence-corrected chi connectivity index (χ1v) is 11.8. The smallest absolute Gasteiger partial charge is 0.258 e. The maximum absolute atomic E-state index is 13.3. The number of nitrogens with two attached hydrogens (primary N) is 1. The molecule has 0 spiro atoms. The summed E-state index contributed by atoms with van der Waals surface area (Å²) < 4.78 is 7.40. The third kappa shape index (κ3) is 4.66. The predicted molar refractivity (Wildman–Crippen MR) is 122 cm³/mol. The van der Waals surface area contributed by atoms with Crippen LogP contribution in [0.3, 0.4) is 0 Å².